The van der Waals surface area contributed by atoms with Gasteiger partial charge in [-0.1, -0.05) is 72.8 Å². The zero-order chi connectivity index (χ0) is 20.5. The van der Waals surface area contributed by atoms with Gasteiger partial charge < -0.3 is 4.90 Å². The molecule has 140 valence electrons. The Morgan fingerprint density at radius 2 is 1.33 bits per heavy atom. The van der Waals surface area contributed by atoms with E-state index in [0.717, 1.165) is 17.1 Å². The zero-order valence-corrected chi connectivity index (χ0v) is 16.2. The molecule has 0 saturated carbocycles. The van der Waals surface area contributed by atoms with Crippen LogP contribution in [-0.2, 0) is 0 Å². The predicted molar refractivity (Wildman–Crippen MR) is 119 cm³/mol. The quantitative estimate of drug-likeness (QED) is 0.305. The Labute approximate surface area is 175 Å². The lowest BCUT2D eigenvalue weighted by Crippen LogP contribution is -2.22. The summed E-state index contributed by atoms with van der Waals surface area (Å²) in [5, 5.41) is 9.82. The van der Waals surface area contributed by atoms with E-state index in [1.54, 1.807) is 12.1 Å². The Hall–Kier alpha value is -4.34. The molecule has 1 aliphatic rings. The van der Waals surface area contributed by atoms with Crippen molar-refractivity contribution in [2.24, 2.45) is 0 Å². The minimum absolute atomic E-state index is 0.114. The number of para-hydroxylation sites is 2. The van der Waals surface area contributed by atoms with Crippen molar-refractivity contribution in [1.82, 2.24) is 0 Å². The summed E-state index contributed by atoms with van der Waals surface area (Å²) < 4.78 is 0. The van der Waals surface area contributed by atoms with Crippen molar-refractivity contribution in [3.8, 4) is 6.07 Å². The van der Waals surface area contributed by atoms with Crippen molar-refractivity contribution in [2.75, 3.05) is 4.90 Å². The molecule has 30 heavy (non-hydrogen) atoms. The number of hydrogen-bond acceptors (Lipinski definition) is 2. The average Bonchev–Trinajstić information content (AvgIpc) is 2.82. The van der Waals surface area contributed by atoms with E-state index in [0.29, 0.717) is 11.3 Å². The van der Waals surface area contributed by atoms with Crippen LogP contribution in [0.5, 0.6) is 0 Å². The summed E-state index contributed by atoms with van der Waals surface area (Å²) in [5.41, 5.74) is 7.48. The van der Waals surface area contributed by atoms with Gasteiger partial charge in [0.1, 0.15) is 0 Å². The van der Waals surface area contributed by atoms with E-state index in [2.05, 4.69) is 76.5 Å². The van der Waals surface area contributed by atoms with Gasteiger partial charge in [-0.2, -0.15) is 5.26 Å². The van der Waals surface area contributed by atoms with Gasteiger partial charge in [-0.3, -0.25) is 0 Å². The molecule has 0 aromatic heterocycles. The fraction of sp³-hybridized carbons (Fsp3) is 0.0370. The third kappa shape index (κ3) is 2.73. The van der Waals surface area contributed by atoms with E-state index in [9.17, 15) is 5.26 Å². The monoisotopic (exact) mass is 383 g/mol. The molecule has 0 radical (unpaired) electrons. The van der Waals surface area contributed by atoms with Crippen molar-refractivity contribution in [3.05, 3.63) is 131 Å². The van der Waals surface area contributed by atoms with E-state index >= 15 is 0 Å². The highest BCUT2D eigenvalue weighted by Crippen LogP contribution is 2.51. The Bertz CT molecular complexity index is 1280. The fourth-order valence-electron chi connectivity index (χ4n) is 4.31. The molecule has 1 aliphatic heterocycles. The van der Waals surface area contributed by atoms with Crippen LogP contribution in [-0.4, -0.2) is 0 Å². The van der Waals surface area contributed by atoms with Gasteiger partial charge in [-0.15, -0.1) is 0 Å². The lowest BCUT2D eigenvalue weighted by Gasteiger charge is -2.38. The Morgan fingerprint density at radius 3 is 1.93 bits per heavy atom. The summed E-state index contributed by atoms with van der Waals surface area (Å²) >= 11 is 0. The number of rotatable bonds is 2. The molecule has 3 nitrogen and oxygen atoms in total. The predicted octanol–water partition coefficient (Wildman–Crippen LogP) is 7.07. The molecule has 0 unspecified atom stereocenters. The van der Waals surface area contributed by atoms with Crippen LogP contribution in [0.25, 0.3) is 4.85 Å². The Kier molecular flexibility index (Phi) is 4.28. The molecule has 0 fully saturated rings. The third-order valence-electron chi connectivity index (χ3n) is 5.58. The molecule has 5 rings (SSSR count). The number of nitrogens with zero attached hydrogens (tertiary/aromatic N) is 3. The topological polar surface area (TPSA) is 31.4 Å². The van der Waals surface area contributed by atoms with E-state index in [4.69, 9.17) is 6.57 Å². The van der Waals surface area contributed by atoms with Gasteiger partial charge >= 0.3 is 0 Å². The number of benzene rings is 4. The number of hydrogen-bond donors (Lipinski definition) is 0. The first-order chi connectivity index (χ1) is 14.8. The average molecular weight is 383 g/mol. The van der Waals surface area contributed by atoms with Gasteiger partial charge in [0, 0.05) is 5.92 Å². The highest BCUT2D eigenvalue weighted by molar-refractivity contribution is 5.88. The lowest BCUT2D eigenvalue weighted by molar-refractivity contribution is 0.938. The van der Waals surface area contributed by atoms with Crippen molar-refractivity contribution in [2.45, 2.75) is 5.92 Å². The maximum absolute atomic E-state index is 9.82. The minimum atomic E-state index is 0.114. The van der Waals surface area contributed by atoms with Crippen LogP contribution in [0.4, 0.5) is 22.7 Å². The molecule has 3 heteroatoms. The van der Waals surface area contributed by atoms with E-state index in [1.165, 1.54) is 16.7 Å². The molecule has 0 N–H and O–H groups in total. The van der Waals surface area contributed by atoms with Crippen LogP contribution >= 0.6 is 0 Å². The number of fused-ring (bicyclic) bond motifs is 2. The van der Waals surface area contributed by atoms with Crippen molar-refractivity contribution >= 4 is 22.7 Å². The van der Waals surface area contributed by atoms with E-state index in [-0.39, 0.29) is 5.92 Å². The first-order valence-corrected chi connectivity index (χ1v) is 9.76. The zero-order valence-electron chi connectivity index (χ0n) is 16.2. The molecule has 0 saturated heterocycles. The van der Waals surface area contributed by atoms with Crippen molar-refractivity contribution < 1.29 is 0 Å². The van der Waals surface area contributed by atoms with Gasteiger partial charge in [0.25, 0.3) is 0 Å². The molecule has 0 spiro atoms. The molecule has 0 bridgehead atoms. The van der Waals surface area contributed by atoms with E-state index in [1.807, 2.05) is 24.3 Å². The first-order valence-electron chi connectivity index (χ1n) is 9.76. The molecular weight excluding hydrogens is 366 g/mol. The lowest BCUT2D eigenvalue weighted by atomic mass is 9.80. The standard InChI is InChI=1S/C27H17N3/c1-29-21-15-16-24(20(17-21)18-28)30-25-13-7-5-11-22(25)27(19-9-3-2-4-10-19)23-12-6-8-14-26(23)30/h2-17,27H. The smallest absolute Gasteiger partial charge is 0.188 e. The Balaban J connectivity index is 1.80. The van der Waals surface area contributed by atoms with Crippen LogP contribution in [0.1, 0.15) is 28.2 Å². The van der Waals surface area contributed by atoms with Gasteiger partial charge in [-0.25, -0.2) is 4.85 Å². The number of anilines is 3. The SMILES string of the molecule is [C-]#[N+]c1ccc(N2c3ccccc3C(c3ccccc3)c3ccccc32)c(C#N)c1. The molecular formula is C27H17N3. The summed E-state index contributed by atoms with van der Waals surface area (Å²) in [6.07, 6.45) is 0. The summed E-state index contributed by atoms with van der Waals surface area (Å²) in [4.78, 5) is 5.64. The van der Waals surface area contributed by atoms with Crippen LogP contribution in [0, 0.1) is 17.9 Å². The second kappa shape index (κ2) is 7.24. The second-order valence-corrected chi connectivity index (χ2v) is 7.22. The molecule has 0 aliphatic carbocycles. The second-order valence-electron chi connectivity index (χ2n) is 7.22. The summed E-state index contributed by atoms with van der Waals surface area (Å²) in [6, 6.07) is 34.8. The molecule has 4 aromatic rings. The van der Waals surface area contributed by atoms with Gasteiger partial charge in [-0.05, 0) is 41.0 Å². The number of nitriles is 1. The van der Waals surface area contributed by atoms with Crippen LogP contribution in [0.3, 0.4) is 0 Å². The third-order valence-corrected chi connectivity index (χ3v) is 5.58. The first kappa shape index (κ1) is 17.7. The molecule has 0 amide bonds. The Morgan fingerprint density at radius 1 is 0.733 bits per heavy atom. The summed E-state index contributed by atoms with van der Waals surface area (Å²) in [5.74, 6) is 0.114. The minimum Gasteiger partial charge on any atom is -0.309 e. The van der Waals surface area contributed by atoms with Crippen molar-refractivity contribution in [3.63, 3.8) is 0 Å². The largest absolute Gasteiger partial charge is 0.309 e. The van der Waals surface area contributed by atoms with Crippen LogP contribution < -0.4 is 4.90 Å². The highest BCUT2D eigenvalue weighted by Gasteiger charge is 2.32. The maximum Gasteiger partial charge on any atom is 0.188 e. The molecule has 4 aromatic carbocycles. The maximum atomic E-state index is 9.82. The van der Waals surface area contributed by atoms with Gasteiger partial charge in [0.2, 0.25) is 0 Å². The normalized spacial score (nSPS) is 12.4. The van der Waals surface area contributed by atoms with Crippen molar-refractivity contribution in [1.29, 1.82) is 5.26 Å². The summed E-state index contributed by atoms with van der Waals surface area (Å²) in [6.45, 7) is 7.29. The molecule has 1 heterocycles. The van der Waals surface area contributed by atoms with E-state index < -0.39 is 0 Å². The highest BCUT2D eigenvalue weighted by atomic mass is 15.2. The van der Waals surface area contributed by atoms with Gasteiger partial charge in [0.15, 0.2) is 5.69 Å². The van der Waals surface area contributed by atoms with Crippen LogP contribution in [0.2, 0.25) is 0 Å². The summed E-state index contributed by atoms with van der Waals surface area (Å²) in [7, 11) is 0. The molecule has 0 atom stereocenters. The van der Waals surface area contributed by atoms with Crippen LogP contribution in [0.15, 0.2) is 97.1 Å². The van der Waals surface area contributed by atoms with Gasteiger partial charge in [0.05, 0.1) is 35.3 Å². The fourth-order valence-corrected chi connectivity index (χ4v) is 4.31.